The molecule has 1 heterocycles. The first kappa shape index (κ1) is 16.5. The van der Waals surface area contributed by atoms with Gasteiger partial charge < -0.3 is 14.2 Å². The summed E-state index contributed by atoms with van der Waals surface area (Å²) in [6.07, 6.45) is 0.814. The lowest BCUT2D eigenvalue weighted by atomic mass is 9.95. The molecule has 1 saturated carbocycles. The molecular formula is C11H16F2O7S. The molecular weight excluding hydrogens is 314 g/mol. The molecule has 0 amide bonds. The van der Waals surface area contributed by atoms with Crippen molar-refractivity contribution in [1.82, 2.24) is 0 Å². The third-order valence-corrected chi connectivity index (χ3v) is 4.15. The molecule has 0 spiro atoms. The van der Waals surface area contributed by atoms with Crippen LogP contribution in [0.4, 0.5) is 8.78 Å². The quantitative estimate of drug-likeness (QED) is 0.435. The summed E-state index contributed by atoms with van der Waals surface area (Å²) >= 11 is 0. The van der Waals surface area contributed by atoms with E-state index in [1.807, 2.05) is 0 Å². The number of epoxide rings is 1. The van der Waals surface area contributed by atoms with Gasteiger partial charge in [-0.1, -0.05) is 0 Å². The van der Waals surface area contributed by atoms with Crippen molar-refractivity contribution in [1.29, 1.82) is 0 Å². The van der Waals surface area contributed by atoms with Crippen LogP contribution in [0.1, 0.15) is 25.7 Å². The van der Waals surface area contributed by atoms with Gasteiger partial charge in [0.25, 0.3) is 0 Å². The van der Waals surface area contributed by atoms with Gasteiger partial charge in [-0.05, 0) is 19.3 Å². The van der Waals surface area contributed by atoms with E-state index in [1.54, 1.807) is 0 Å². The predicted octanol–water partition coefficient (Wildman–Crippen LogP) is 0.737. The van der Waals surface area contributed by atoms with Crippen LogP contribution in [0.5, 0.6) is 0 Å². The van der Waals surface area contributed by atoms with Gasteiger partial charge in [0.2, 0.25) is 0 Å². The molecule has 3 atom stereocenters. The maximum absolute atomic E-state index is 13.1. The van der Waals surface area contributed by atoms with Gasteiger partial charge in [0, 0.05) is 6.42 Å². The van der Waals surface area contributed by atoms with E-state index in [1.165, 1.54) is 0 Å². The highest BCUT2D eigenvalue weighted by atomic mass is 32.2. The molecule has 0 aromatic heterocycles. The van der Waals surface area contributed by atoms with Crippen LogP contribution in [0.15, 0.2) is 0 Å². The number of carbonyl (C=O) groups excluding carboxylic acids is 1. The highest BCUT2D eigenvalue weighted by Gasteiger charge is 2.54. The van der Waals surface area contributed by atoms with Gasteiger partial charge in [-0.25, -0.2) is 4.79 Å². The third-order valence-electron chi connectivity index (χ3n) is 3.33. The smallest absolute Gasteiger partial charge is 0.457 e. The van der Waals surface area contributed by atoms with Gasteiger partial charge in [-0.15, -0.1) is 0 Å². The Bertz CT molecular complexity index is 489. The molecule has 0 aromatic carbocycles. The van der Waals surface area contributed by atoms with Crippen LogP contribution in [0, 0.1) is 0 Å². The number of ether oxygens (including phenoxy) is 3. The standard InChI is InChI=1S/C11H16F2O7S/c12-11(13,21(15,16)17)10(14)20-8-3-1-2-7(4-8)18-5-9-6-19-9/h7-9H,1-6H2,(H,15,16,17). The fraction of sp³-hybridized carbons (Fsp3) is 0.909. The van der Waals surface area contributed by atoms with E-state index in [0.717, 1.165) is 0 Å². The molecule has 2 fully saturated rings. The van der Waals surface area contributed by atoms with Gasteiger partial charge in [0.05, 0.1) is 19.3 Å². The second-order valence-corrected chi connectivity index (χ2v) is 6.56. The van der Waals surface area contributed by atoms with Crippen LogP contribution in [-0.4, -0.2) is 55.7 Å². The van der Waals surface area contributed by atoms with Crippen LogP contribution >= 0.6 is 0 Å². The van der Waals surface area contributed by atoms with Crippen LogP contribution < -0.4 is 0 Å². The molecule has 0 radical (unpaired) electrons. The molecule has 122 valence electrons. The van der Waals surface area contributed by atoms with Crippen molar-refractivity contribution in [3.63, 3.8) is 0 Å². The Labute approximate surface area is 120 Å². The molecule has 3 unspecified atom stereocenters. The Morgan fingerprint density at radius 2 is 1.95 bits per heavy atom. The van der Waals surface area contributed by atoms with Crippen molar-refractivity contribution in [2.24, 2.45) is 0 Å². The van der Waals surface area contributed by atoms with E-state index in [0.29, 0.717) is 32.5 Å². The van der Waals surface area contributed by atoms with Gasteiger partial charge in [-0.3, -0.25) is 4.55 Å². The van der Waals surface area contributed by atoms with E-state index in [2.05, 4.69) is 4.74 Å². The number of halogens is 2. The Hall–Kier alpha value is -0.840. The first-order valence-corrected chi connectivity index (χ1v) is 7.93. The highest BCUT2D eigenvalue weighted by molar-refractivity contribution is 7.87. The first-order chi connectivity index (χ1) is 9.70. The summed E-state index contributed by atoms with van der Waals surface area (Å²) in [7, 11) is -5.83. The normalized spacial score (nSPS) is 30.0. The lowest BCUT2D eigenvalue weighted by Crippen LogP contribution is -2.42. The lowest BCUT2D eigenvalue weighted by molar-refractivity contribution is -0.171. The molecule has 1 saturated heterocycles. The van der Waals surface area contributed by atoms with Gasteiger partial charge in [0.15, 0.2) is 0 Å². The SMILES string of the molecule is O=C(OC1CCCC(OCC2CO2)C1)C(F)(F)S(=O)(=O)O. The summed E-state index contributed by atoms with van der Waals surface area (Å²) in [6.45, 7) is 1.03. The van der Waals surface area contributed by atoms with Crippen molar-refractivity contribution in [3.05, 3.63) is 0 Å². The Kier molecular flexibility index (Phi) is 4.81. The summed E-state index contributed by atoms with van der Waals surface area (Å²) in [6, 6.07) is 0. The van der Waals surface area contributed by atoms with Gasteiger partial charge in [0.1, 0.15) is 12.2 Å². The van der Waals surface area contributed by atoms with Crippen LogP contribution in [0.3, 0.4) is 0 Å². The van der Waals surface area contributed by atoms with Gasteiger partial charge in [-0.2, -0.15) is 17.2 Å². The molecule has 2 aliphatic rings. The molecule has 1 aliphatic carbocycles. The zero-order valence-electron chi connectivity index (χ0n) is 11.0. The molecule has 1 aliphatic heterocycles. The number of esters is 1. The average molecular weight is 330 g/mol. The number of hydrogen-bond acceptors (Lipinski definition) is 6. The molecule has 21 heavy (non-hydrogen) atoms. The maximum atomic E-state index is 13.1. The number of carbonyl (C=O) groups is 1. The van der Waals surface area contributed by atoms with Crippen LogP contribution in [-0.2, 0) is 29.1 Å². The average Bonchev–Trinajstić information content (AvgIpc) is 3.19. The molecule has 0 bridgehead atoms. The van der Waals surface area contributed by atoms with E-state index in [4.69, 9.17) is 14.0 Å². The van der Waals surface area contributed by atoms with Crippen molar-refractivity contribution in [3.8, 4) is 0 Å². The fourth-order valence-corrected chi connectivity index (χ4v) is 2.35. The summed E-state index contributed by atoms with van der Waals surface area (Å²) < 4.78 is 70.4. The first-order valence-electron chi connectivity index (χ1n) is 6.49. The van der Waals surface area contributed by atoms with Crippen LogP contribution in [0.2, 0.25) is 0 Å². The molecule has 10 heteroatoms. The third kappa shape index (κ3) is 4.31. The summed E-state index contributed by atoms with van der Waals surface area (Å²) in [5.74, 6) is -2.26. The van der Waals surface area contributed by atoms with Crippen LogP contribution in [0.25, 0.3) is 0 Å². The summed E-state index contributed by atoms with van der Waals surface area (Å²) in [5, 5.41) is -4.96. The largest absolute Gasteiger partial charge is 0.465 e. The monoisotopic (exact) mass is 330 g/mol. The minimum Gasteiger partial charge on any atom is -0.457 e. The zero-order valence-corrected chi connectivity index (χ0v) is 11.9. The second kappa shape index (κ2) is 6.11. The van der Waals surface area contributed by atoms with E-state index < -0.39 is 27.4 Å². The zero-order chi connectivity index (χ0) is 15.7. The second-order valence-electron chi connectivity index (χ2n) is 5.10. The van der Waals surface area contributed by atoms with E-state index >= 15 is 0 Å². The predicted molar refractivity (Wildman–Crippen MR) is 64.3 cm³/mol. The van der Waals surface area contributed by atoms with Crippen molar-refractivity contribution >= 4 is 16.1 Å². The molecule has 2 rings (SSSR count). The van der Waals surface area contributed by atoms with Gasteiger partial charge >= 0.3 is 21.3 Å². The molecule has 0 aromatic rings. The van der Waals surface area contributed by atoms with Crippen molar-refractivity contribution < 1.29 is 40.8 Å². The number of hydrogen-bond donors (Lipinski definition) is 1. The Morgan fingerprint density at radius 3 is 2.52 bits per heavy atom. The topological polar surface area (TPSA) is 102 Å². The molecule has 7 nitrogen and oxygen atoms in total. The Morgan fingerprint density at radius 1 is 1.33 bits per heavy atom. The summed E-state index contributed by atoms with van der Waals surface area (Å²) in [4.78, 5) is 11.2. The minimum absolute atomic E-state index is 0.0665. The number of rotatable bonds is 6. The maximum Gasteiger partial charge on any atom is 0.465 e. The fourth-order valence-electron chi connectivity index (χ4n) is 2.09. The minimum atomic E-state index is -5.83. The van der Waals surface area contributed by atoms with E-state index in [-0.39, 0.29) is 18.6 Å². The lowest BCUT2D eigenvalue weighted by Gasteiger charge is -2.29. The number of alkyl halides is 2. The van der Waals surface area contributed by atoms with Crippen molar-refractivity contribution in [2.75, 3.05) is 13.2 Å². The highest BCUT2D eigenvalue weighted by Crippen LogP contribution is 2.28. The van der Waals surface area contributed by atoms with E-state index in [9.17, 15) is 22.0 Å². The molecule has 1 N–H and O–H groups in total. The Balaban J connectivity index is 1.85. The summed E-state index contributed by atoms with van der Waals surface area (Å²) in [5.41, 5.74) is 0. The van der Waals surface area contributed by atoms with Crippen molar-refractivity contribution in [2.45, 2.75) is 49.2 Å².